The van der Waals surface area contributed by atoms with Crippen LogP contribution < -0.4 is 5.32 Å². The third kappa shape index (κ3) is 1.52. The maximum absolute atomic E-state index is 4.52. The van der Waals surface area contributed by atoms with Gasteiger partial charge >= 0.3 is 0 Å². The lowest BCUT2D eigenvalue weighted by atomic mass is 10.0. The number of rotatable bonds is 3. The lowest BCUT2D eigenvalue weighted by Gasteiger charge is -2.11. The summed E-state index contributed by atoms with van der Waals surface area (Å²) in [7, 11) is 0. The van der Waals surface area contributed by atoms with E-state index in [0.29, 0.717) is 6.04 Å². The zero-order chi connectivity index (χ0) is 13.3. The third-order valence-corrected chi connectivity index (χ3v) is 7.42. The number of aromatic nitrogens is 3. The van der Waals surface area contributed by atoms with E-state index < -0.39 is 0 Å². The van der Waals surface area contributed by atoms with E-state index in [1.165, 1.54) is 19.3 Å². The summed E-state index contributed by atoms with van der Waals surface area (Å²) >= 11 is 3.38. The number of thioether (sulfide) groups is 1. The fourth-order valence-electron chi connectivity index (χ4n) is 4.60. The first-order chi connectivity index (χ1) is 9.85. The monoisotopic (exact) mass is 304 g/mol. The summed E-state index contributed by atoms with van der Waals surface area (Å²) in [5.74, 6) is 4.83. The Labute approximate surface area is 125 Å². The molecule has 4 atom stereocenters. The molecule has 0 aromatic carbocycles. The van der Waals surface area contributed by atoms with Crippen LogP contribution in [0.4, 0.5) is 5.82 Å². The first-order valence-corrected chi connectivity index (χ1v) is 9.31. The maximum Gasteiger partial charge on any atom is 0.176 e. The van der Waals surface area contributed by atoms with Crippen LogP contribution in [0.3, 0.4) is 0 Å². The molecule has 2 aromatic heterocycles. The van der Waals surface area contributed by atoms with Crippen molar-refractivity contribution in [2.24, 2.45) is 23.7 Å². The number of hydrogen-bond acceptors (Lipinski definition) is 6. The second-order valence-electron chi connectivity index (χ2n) is 6.22. The number of anilines is 1. The van der Waals surface area contributed by atoms with Crippen molar-refractivity contribution in [1.82, 2.24) is 15.0 Å². The summed E-state index contributed by atoms with van der Waals surface area (Å²) in [4.78, 5) is 13.3. The minimum atomic E-state index is 0.666. The molecule has 104 valence electrons. The van der Waals surface area contributed by atoms with Gasteiger partial charge in [0.1, 0.15) is 16.8 Å². The largest absolute Gasteiger partial charge is 0.365 e. The van der Waals surface area contributed by atoms with Crippen LogP contribution in [0.1, 0.15) is 19.3 Å². The van der Waals surface area contributed by atoms with E-state index in [2.05, 4.69) is 26.5 Å². The van der Waals surface area contributed by atoms with E-state index >= 15 is 0 Å². The van der Waals surface area contributed by atoms with Crippen molar-refractivity contribution in [1.29, 1.82) is 0 Å². The molecule has 6 heteroatoms. The molecule has 0 saturated heterocycles. The van der Waals surface area contributed by atoms with Crippen LogP contribution >= 0.6 is 23.1 Å². The molecule has 3 aliphatic carbocycles. The molecule has 5 rings (SSSR count). The SMILES string of the molecule is CSc1nc2ncnc(NC3C4C5CCC(C5)C34)c2s1. The van der Waals surface area contributed by atoms with Gasteiger partial charge in [-0.05, 0) is 49.2 Å². The quantitative estimate of drug-likeness (QED) is 0.882. The molecular weight excluding hydrogens is 288 g/mol. The summed E-state index contributed by atoms with van der Waals surface area (Å²) in [5.41, 5.74) is 0.839. The summed E-state index contributed by atoms with van der Waals surface area (Å²) in [6, 6.07) is 0.666. The highest BCUT2D eigenvalue weighted by atomic mass is 32.2. The molecular formula is C14H16N4S2. The van der Waals surface area contributed by atoms with Gasteiger partial charge in [-0.3, -0.25) is 0 Å². The highest BCUT2D eigenvalue weighted by molar-refractivity contribution is 8.00. The van der Waals surface area contributed by atoms with Gasteiger partial charge < -0.3 is 5.32 Å². The Morgan fingerprint density at radius 1 is 1.25 bits per heavy atom. The standard InChI is InChI=1S/C14H16N4S2/c1-19-14-18-13-11(20-14)12(15-5-16-13)17-10-8-6-2-3-7(4-6)9(8)10/h5-10H,2-4H2,1H3,(H,15,16,17). The Morgan fingerprint density at radius 3 is 2.80 bits per heavy atom. The molecule has 0 amide bonds. The fourth-order valence-corrected chi connectivity index (χ4v) is 6.07. The average Bonchev–Trinajstić information content (AvgIpc) is 2.90. The van der Waals surface area contributed by atoms with Crippen LogP contribution in [-0.4, -0.2) is 27.2 Å². The molecule has 4 nitrogen and oxygen atoms in total. The Hall–Kier alpha value is -0.880. The molecule has 0 aliphatic heterocycles. The van der Waals surface area contributed by atoms with Crippen molar-refractivity contribution < 1.29 is 0 Å². The molecule has 2 aromatic rings. The van der Waals surface area contributed by atoms with Gasteiger partial charge in [0.05, 0.1) is 0 Å². The van der Waals surface area contributed by atoms with Gasteiger partial charge in [0.25, 0.3) is 0 Å². The number of thiazole rings is 1. The van der Waals surface area contributed by atoms with E-state index in [9.17, 15) is 0 Å². The Balaban J connectivity index is 1.46. The van der Waals surface area contributed by atoms with Crippen LogP contribution in [0.15, 0.2) is 10.7 Å². The molecule has 2 heterocycles. The summed E-state index contributed by atoms with van der Waals surface area (Å²) < 4.78 is 2.19. The van der Waals surface area contributed by atoms with Crippen LogP contribution in [0, 0.1) is 23.7 Å². The van der Waals surface area contributed by atoms with Gasteiger partial charge in [-0.15, -0.1) is 11.3 Å². The van der Waals surface area contributed by atoms with E-state index in [1.54, 1.807) is 29.4 Å². The molecule has 2 bridgehead atoms. The topological polar surface area (TPSA) is 50.7 Å². The van der Waals surface area contributed by atoms with Gasteiger partial charge in [-0.25, -0.2) is 15.0 Å². The first-order valence-electron chi connectivity index (χ1n) is 7.27. The molecule has 20 heavy (non-hydrogen) atoms. The van der Waals surface area contributed by atoms with Crippen molar-refractivity contribution in [2.75, 3.05) is 11.6 Å². The van der Waals surface area contributed by atoms with Crippen molar-refractivity contribution >= 4 is 39.3 Å². The molecule has 3 fully saturated rings. The van der Waals surface area contributed by atoms with Gasteiger partial charge in [0, 0.05) is 6.04 Å². The van der Waals surface area contributed by atoms with Gasteiger partial charge in [0.2, 0.25) is 0 Å². The number of hydrogen-bond donors (Lipinski definition) is 1. The Kier molecular flexibility index (Phi) is 2.39. The second-order valence-corrected chi connectivity index (χ2v) is 8.27. The van der Waals surface area contributed by atoms with Crippen molar-refractivity contribution in [3.05, 3.63) is 6.33 Å². The van der Waals surface area contributed by atoms with Gasteiger partial charge in [-0.2, -0.15) is 0 Å². The average molecular weight is 304 g/mol. The van der Waals surface area contributed by atoms with Crippen LogP contribution in [0.25, 0.3) is 10.3 Å². The number of fused-ring (bicyclic) bond motifs is 6. The lowest BCUT2D eigenvalue weighted by Crippen LogP contribution is -2.13. The van der Waals surface area contributed by atoms with E-state index in [-0.39, 0.29) is 0 Å². The summed E-state index contributed by atoms with van der Waals surface area (Å²) in [6.07, 6.45) is 8.10. The van der Waals surface area contributed by atoms with Crippen LogP contribution in [-0.2, 0) is 0 Å². The molecule has 0 spiro atoms. The van der Waals surface area contributed by atoms with Crippen molar-refractivity contribution in [2.45, 2.75) is 29.6 Å². The van der Waals surface area contributed by atoms with Crippen LogP contribution in [0.5, 0.6) is 0 Å². The Bertz CT molecular complexity index is 669. The van der Waals surface area contributed by atoms with Crippen LogP contribution in [0.2, 0.25) is 0 Å². The van der Waals surface area contributed by atoms with Crippen molar-refractivity contribution in [3.8, 4) is 0 Å². The predicted molar refractivity (Wildman–Crippen MR) is 82.2 cm³/mol. The maximum atomic E-state index is 4.52. The van der Waals surface area contributed by atoms with Gasteiger partial charge in [0.15, 0.2) is 9.99 Å². The smallest absolute Gasteiger partial charge is 0.176 e. The molecule has 1 N–H and O–H groups in total. The van der Waals surface area contributed by atoms with Crippen molar-refractivity contribution in [3.63, 3.8) is 0 Å². The minimum Gasteiger partial charge on any atom is -0.365 e. The predicted octanol–water partition coefficient (Wildman–Crippen LogP) is 3.26. The Morgan fingerprint density at radius 2 is 2.05 bits per heavy atom. The molecule has 4 unspecified atom stereocenters. The lowest BCUT2D eigenvalue weighted by molar-refractivity contribution is 0.456. The van der Waals surface area contributed by atoms with E-state index in [4.69, 9.17) is 0 Å². The molecule has 3 saturated carbocycles. The van der Waals surface area contributed by atoms with Gasteiger partial charge in [-0.1, -0.05) is 11.8 Å². The normalized spacial score (nSPS) is 37.4. The first kappa shape index (κ1) is 11.7. The fraction of sp³-hybridized carbons (Fsp3) is 0.643. The third-order valence-electron chi connectivity index (χ3n) is 5.38. The highest BCUT2D eigenvalue weighted by Gasteiger charge is 2.65. The molecule has 3 aliphatic rings. The summed E-state index contributed by atoms with van der Waals surface area (Å²) in [6.45, 7) is 0. The summed E-state index contributed by atoms with van der Waals surface area (Å²) in [5, 5.41) is 3.71. The van der Waals surface area contributed by atoms with E-state index in [1.807, 2.05) is 0 Å². The zero-order valence-corrected chi connectivity index (χ0v) is 12.9. The van der Waals surface area contributed by atoms with E-state index in [0.717, 1.165) is 44.2 Å². The molecule has 0 radical (unpaired) electrons. The second kappa shape index (κ2) is 4.07. The zero-order valence-electron chi connectivity index (χ0n) is 11.2. The highest BCUT2D eigenvalue weighted by Crippen LogP contribution is 2.66. The number of nitrogens with zero attached hydrogens (tertiary/aromatic N) is 3. The number of nitrogens with one attached hydrogen (secondary N) is 1. The minimum absolute atomic E-state index is 0.666.